The molecule has 0 aromatic rings. The molecule has 4 nitrogen and oxygen atoms in total. The van der Waals surface area contributed by atoms with Crippen molar-refractivity contribution in [1.29, 1.82) is 0 Å². The molecule has 0 atom stereocenters. The number of hydrogen-bond acceptors (Lipinski definition) is 3. The standard InChI is InChI=1S/C4H13N2O2S.Y/c1-2-9(7,8)6-4-3-5;/h5-8H,2-4H2,1H3;/q-1;. The minimum absolute atomic E-state index is 0. The van der Waals surface area contributed by atoms with Crippen LogP contribution in [-0.2, 0) is 32.7 Å². The Morgan fingerprint density at radius 3 is 2.30 bits per heavy atom. The molecule has 0 spiro atoms. The molecule has 6 heteroatoms. The van der Waals surface area contributed by atoms with Gasteiger partial charge in [-0.2, -0.15) is 0 Å². The molecule has 0 bridgehead atoms. The van der Waals surface area contributed by atoms with E-state index in [1.165, 1.54) is 0 Å². The Balaban J connectivity index is 0. The summed E-state index contributed by atoms with van der Waals surface area (Å²) in [6, 6.07) is 0. The molecule has 0 unspecified atom stereocenters. The monoisotopic (exact) mass is 242 g/mol. The Labute approximate surface area is 88.3 Å². The first-order valence-electron chi connectivity index (χ1n) is 2.77. The van der Waals surface area contributed by atoms with E-state index in [2.05, 4.69) is 4.72 Å². The first-order chi connectivity index (χ1) is 4.12. The fourth-order valence-electron chi connectivity index (χ4n) is 0.317. The summed E-state index contributed by atoms with van der Waals surface area (Å²) in [6.45, 7) is 2.21. The molecular weight excluding hydrogens is 229 g/mol. The molecule has 0 saturated heterocycles. The van der Waals surface area contributed by atoms with Gasteiger partial charge >= 0.3 is 0 Å². The molecule has 0 aromatic heterocycles. The minimum atomic E-state index is -2.55. The van der Waals surface area contributed by atoms with Crippen LogP contribution < -0.4 is 4.72 Å². The van der Waals surface area contributed by atoms with Gasteiger partial charge < -0.3 is 5.73 Å². The second-order valence-corrected chi connectivity index (χ2v) is 3.80. The van der Waals surface area contributed by atoms with E-state index in [1.807, 2.05) is 0 Å². The third-order valence-electron chi connectivity index (χ3n) is 0.861. The largest absolute Gasteiger partial charge is 0.676 e. The third kappa shape index (κ3) is 7.40. The Hall–Kier alpha value is 1.29. The van der Waals surface area contributed by atoms with Crippen LogP contribution in [0.2, 0.25) is 0 Å². The number of nitrogens with one attached hydrogen (secondary N) is 2. The Kier molecular flexibility index (Phi) is 9.66. The summed E-state index contributed by atoms with van der Waals surface area (Å²) in [5.74, 6) is 0.312. The van der Waals surface area contributed by atoms with Crippen molar-refractivity contribution in [2.45, 2.75) is 6.92 Å². The quantitative estimate of drug-likeness (QED) is 0.695. The van der Waals surface area contributed by atoms with Crippen molar-refractivity contribution < 1.29 is 41.8 Å². The van der Waals surface area contributed by atoms with E-state index in [9.17, 15) is 0 Å². The maximum atomic E-state index is 8.90. The SMILES string of the molecule is CCS(O)(O)NCC[NH-].[Y]. The maximum Gasteiger partial charge on any atom is 0.0499 e. The fraction of sp³-hybridized carbons (Fsp3) is 1.00. The molecule has 0 amide bonds. The first-order valence-corrected chi connectivity index (χ1v) is 4.49. The predicted molar refractivity (Wildman–Crippen MR) is 40.6 cm³/mol. The van der Waals surface area contributed by atoms with E-state index in [1.54, 1.807) is 6.92 Å². The van der Waals surface area contributed by atoms with E-state index in [4.69, 9.17) is 14.8 Å². The summed E-state index contributed by atoms with van der Waals surface area (Å²) in [5, 5.41) is 0. The van der Waals surface area contributed by atoms with Gasteiger partial charge in [-0.15, -0.1) is 17.3 Å². The Bertz CT molecular complexity index is 83.7. The molecule has 0 aliphatic rings. The second kappa shape index (κ2) is 6.97. The zero-order chi connectivity index (χ0) is 7.33. The van der Waals surface area contributed by atoms with Crippen LogP contribution in [0.1, 0.15) is 6.92 Å². The van der Waals surface area contributed by atoms with Crippen molar-refractivity contribution in [3.8, 4) is 0 Å². The van der Waals surface area contributed by atoms with Crippen LogP contribution >= 0.6 is 10.8 Å². The van der Waals surface area contributed by atoms with Gasteiger partial charge in [0.2, 0.25) is 0 Å². The van der Waals surface area contributed by atoms with Gasteiger partial charge in [-0.3, -0.25) is 9.11 Å². The molecule has 0 rings (SSSR count). The van der Waals surface area contributed by atoms with E-state index >= 15 is 0 Å². The van der Waals surface area contributed by atoms with E-state index in [-0.39, 0.29) is 39.3 Å². The average Bonchev–Trinajstić information content (AvgIpc) is 1.84. The van der Waals surface area contributed by atoms with Gasteiger partial charge in [0.05, 0.1) is 0 Å². The summed E-state index contributed by atoms with van der Waals surface area (Å²) in [4.78, 5) is 0. The van der Waals surface area contributed by atoms with Gasteiger partial charge in [0.25, 0.3) is 0 Å². The van der Waals surface area contributed by atoms with Crippen LogP contribution in [-0.4, -0.2) is 27.9 Å². The summed E-state index contributed by atoms with van der Waals surface area (Å²) in [6.07, 6.45) is 0. The first kappa shape index (κ1) is 13.9. The van der Waals surface area contributed by atoms with Gasteiger partial charge in [0.1, 0.15) is 0 Å². The molecule has 1 radical (unpaired) electrons. The fourth-order valence-corrected chi connectivity index (χ4v) is 0.950. The minimum Gasteiger partial charge on any atom is -0.676 e. The van der Waals surface area contributed by atoms with Crippen molar-refractivity contribution in [3.05, 3.63) is 5.73 Å². The summed E-state index contributed by atoms with van der Waals surface area (Å²) >= 11 is 0. The van der Waals surface area contributed by atoms with Crippen LogP contribution in [0.5, 0.6) is 0 Å². The second-order valence-electron chi connectivity index (χ2n) is 1.60. The zero-order valence-electron chi connectivity index (χ0n) is 6.00. The van der Waals surface area contributed by atoms with E-state index in [0.29, 0.717) is 12.3 Å². The molecule has 0 aliphatic heterocycles. The average molecular weight is 242 g/mol. The van der Waals surface area contributed by atoms with Gasteiger partial charge in [0, 0.05) is 38.5 Å². The smallest absolute Gasteiger partial charge is 0.0499 e. The van der Waals surface area contributed by atoms with Gasteiger partial charge in [-0.1, -0.05) is 0 Å². The van der Waals surface area contributed by atoms with Crippen LogP contribution in [0.4, 0.5) is 0 Å². The molecule has 4 N–H and O–H groups in total. The molecule has 0 saturated carbocycles. The van der Waals surface area contributed by atoms with Crippen molar-refractivity contribution in [1.82, 2.24) is 4.72 Å². The molecule has 0 aromatic carbocycles. The van der Waals surface area contributed by atoms with E-state index in [0.717, 1.165) is 0 Å². The normalized spacial score (nSPS) is 12.4. The van der Waals surface area contributed by atoms with Crippen molar-refractivity contribution in [2.75, 3.05) is 18.8 Å². The Morgan fingerprint density at radius 2 is 2.00 bits per heavy atom. The molecule has 0 aliphatic carbocycles. The summed E-state index contributed by atoms with van der Waals surface area (Å²) in [5.41, 5.74) is 6.69. The predicted octanol–water partition coefficient (Wildman–Crippen LogP) is 1.31. The van der Waals surface area contributed by atoms with Gasteiger partial charge in [-0.05, 0) is 13.5 Å². The van der Waals surface area contributed by atoms with Crippen LogP contribution in [0.15, 0.2) is 0 Å². The topological polar surface area (TPSA) is 76.3 Å². The molecule has 10 heavy (non-hydrogen) atoms. The summed E-state index contributed by atoms with van der Waals surface area (Å²) < 4.78 is 20.3. The zero-order valence-corrected chi connectivity index (χ0v) is 9.66. The molecular formula is C4H13N2O2SY-. The molecule has 0 heterocycles. The van der Waals surface area contributed by atoms with Crippen LogP contribution in [0, 0.1) is 0 Å². The van der Waals surface area contributed by atoms with Gasteiger partial charge in [-0.25, -0.2) is 4.72 Å². The van der Waals surface area contributed by atoms with E-state index < -0.39 is 10.8 Å². The molecule has 61 valence electrons. The van der Waals surface area contributed by atoms with Crippen molar-refractivity contribution in [2.24, 2.45) is 0 Å². The molecule has 0 fully saturated rings. The van der Waals surface area contributed by atoms with Crippen molar-refractivity contribution >= 4 is 10.8 Å². The number of hydrogen-bond donors (Lipinski definition) is 3. The van der Waals surface area contributed by atoms with Crippen LogP contribution in [0.25, 0.3) is 5.73 Å². The number of rotatable bonds is 4. The summed E-state index contributed by atoms with van der Waals surface area (Å²) in [7, 11) is -2.55. The third-order valence-corrected chi connectivity index (χ3v) is 2.33. The Morgan fingerprint density at radius 1 is 1.50 bits per heavy atom. The van der Waals surface area contributed by atoms with Crippen molar-refractivity contribution in [3.63, 3.8) is 0 Å². The van der Waals surface area contributed by atoms with Crippen LogP contribution in [0.3, 0.4) is 0 Å². The maximum absolute atomic E-state index is 8.90. The van der Waals surface area contributed by atoms with Gasteiger partial charge in [0.15, 0.2) is 0 Å².